The van der Waals surface area contributed by atoms with Crippen LogP contribution in [0.15, 0.2) is 17.5 Å². The molecule has 0 spiro atoms. The fourth-order valence-corrected chi connectivity index (χ4v) is 4.38. The third kappa shape index (κ3) is 5.27. The smallest absolute Gasteiger partial charge is 0.246 e. The van der Waals surface area contributed by atoms with Crippen LogP contribution in [0.5, 0.6) is 0 Å². The maximum Gasteiger partial charge on any atom is 0.246 e. The molecule has 2 aliphatic rings. The molecule has 3 heterocycles. The van der Waals surface area contributed by atoms with E-state index in [1.165, 1.54) is 7.11 Å². The number of amides is 3. The van der Waals surface area contributed by atoms with Gasteiger partial charge in [-0.05, 0) is 24.3 Å². The van der Waals surface area contributed by atoms with Gasteiger partial charge in [-0.1, -0.05) is 6.07 Å². The van der Waals surface area contributed by atoms with Crippen LogP contribution in [-0.2, 0) is 25.7 Å². The first-order chi connectivity index (χ1) is 13.1. The Kier molecular flexibility index (Phi) is 6.81. The number of piperazine rings is 1. The molecule has 1 aromatic heterocycles. The fourth-order valence-electron chi connectivity index (χ4n) is 3.73. The number of hydrogen-bond acceptors (Lipinski definition) is 6. The molecule has 0 aromatic carbocycles. The van der Waals surface area contributed by atoms with Crippen molar-refractivity contribution in [1.29, 1.82) is 0 Å². The summed E-state index contributed by atoms with van der Waals surface area (Å²) in [5.41, 5.74) is 0. The first kappa shape index (κ1) is 19.8. The van der Waals surface area contributed by atoms with Crippen LogP contribution < -0.4 is 16.0 Å². The highest BCUT2D eigenvalue weighted by Crippen LogP contribution is 2.25. The van der Waals surface area contributed by atoms with Crippen LogP contribution in [0.2, 0.25) is 0 Å². The number of carbonyl (C=O) groups excluding carboxylic acids is 3. The molecule has 8 nitrogen and oxygen atoms in total. The first-order valence-corrected chi connectivity index (χ1v) is 10.1. The number of rotatable bonds is 8. The number of nitrogens with zero attached hydrogens (tertiary/aromatic N) is 1. The summed E-state index contributed by atoms with van der Waals surface area (Å²) in [4.78, 5) is 39.3. The minimum absolute atomic E-state index is 0.00288. The lowest BCUT2D eigenvalue weighted by Crippen LogP contribution is -2.58. The van der Waals surface area contributed by atoms with Crippen LogP contribution in [0.4, 0.5) is 0 Å². The topological polar surface area (TPSA) is 99.8 Å². The number of methoxy groups -OCH3 is 1. The molecule has 27 heavy (non-hydrogen) atoms. The van der Waals surface area contributed by atoms with E-state index in [-0.39, 0.29) is 42.5 Å². The van der Waals surface area contributed by atoms with Crippen molar-refractivity contribution in [3.63, 3.8) is 0 Å². The normalized spacial score (nSPS) is 24.9. The molecule has 2 saturated heterocycles. The number of nitrogens with one attached hydrogen (secondary N) is 3. The van der Waals surface area contributed by atoms with Gasteiger partial charge in [0.15, 0.2) is 0 Å². The van der Waals surface area contributed by atoms with Gasteiger partial charge in [0.2, 0.25) is 17.7 Å². The second kappa shape index (κ2) is 9.29. The van der Waals surface area contributed by atoms with Crippen molar-refractivity contribution in [3.05, 3.63) is 22.4 Å². The van der Waals surface area contributed by atoms with Gasteiger partial charge in [-0.25, -0.2) is 0 Å². The Labute approximate surface area is 162 Å². The highest BCUT2D eigenvalue weighted by atomic mass is 32.1. The second-order valence-corrected chi connectivity index (χ2v) is 7.97. The van der Waals surface area contributed by atoms with Gasteiger partial charge in [0.1, 0.15) is 6.61 Å². The fraction of sp³-hybridized carbons (Fsp3) is 0.611. The highest BCUT2D eigenvalue weighted by Gasteiger charge is 2.43. The minimum atomic E-state index is -0.245. The van der Waals surface area contributed by atoms with Gasteiger partial charge in [-0.3, -0.25) is 19.3 Å². The maximum absolute atomic E-state index is 12.2. The Hall–Kier alpha value is -1.97. The van der Waals surface area contributed by atoms with Gasteiger partial charge in [0, 0.05) is 43.6 Å². The Balaban J connectivity index is 1.48. The molecule has 0 bridgehead atoms. The summed E-state index contributed by atoms with van der Waals surface area (Å²) in [5.74, 6) is -0.162. The molecule has 148 valence electrons. The van der Waals surface area contributed by atoms with Crippen LogP contribution in [0.1, 0.15) is 24.1 Å². The molecule has 0 saturated carbocycles. The third-order valence-corrected chi connectivity index (χ3v) is 5.88. The van der Waals surface area contributed by atoms with Gasteiger partial charge in [-0.2, -0.15) is 0 Å². The lowest BCUT2D eigenvalue weighted by molar-refractivity contribution is -0.129. The molecular formula is C18H26N4O4S. The predicted molar refractivity (Wildman–Crippen MR) is 101 cm³/mol. The van der Waals surface area contributed by atoms with E-state index in [1.54, 1.807) is 11.3 Å². The second-order valence-electron chi connectivity index (χ2n) is 6.94. The van der Waals surface area contributed by atoms with Crippen LogP contribution in [0, 0.1) is 0 Å². The molecule has 1 aromatic rings. The van der Waals surface area contributed by atoms with Crippen molar-refractivity contribution < 1.29 is 19.1 Å². The molecular weight excluding hydrogens is 368 g/mol. The van der Waals surface area contributed by atoms with Crippen molar-refractivity contribution in [3.8, 4) is 0 Å². The molecule has 2 aliphatic heterocycles. The molecule has 3 amide bonds. The Morgan fingerprint density at radius 2 is 2.26 bits per heavy atom. The average Bonchev–Trinajstić information content (AvgIpc) is 3.29. The zero-order valence-electron chi connectivity index (χ0n) is 15.4. The van der Waals surface area contributed by atoms with Crippen molar-refractivity contribution in [2.45, 2.75) is 43.9 Å². The summed E-state index contributed by atoms with van der Waals surface area (Å²) in [6.07, 6.45) is 1.67. The Morgan fingerprint density at radius 1 is 1.41 bits per heavy atom. The summed E-state index contributed by atoms with van der Waals surface area (Å²) in [5, 5.41) is 10.8. The quantitative estimate of drug-likeness (QED) is 0.569. The minimum Gasteiger partial charge on any atom is -0.375 e. The van der Waals surface area contributed by atoms with Crippen LogP contribution in [0.3, 0.4) is 0 Å². The summed E-state index contributed by atoms with van der Waals surface area (Å²) < 4.78 is 4.84. The standard InChI is InChI=1S/C18H26N4O4S/c1-26-11-17(24)21-12-7-15-18(25)20-8-13(22(15)10-12)4-5-16(23)19-9-14-3-2-6-27-14/h2-3,6,12-13,15H,4-5,7-11H2,1H3,(H,19,23)(H,20,25)(H,21,24)/t12-,13-,15+/m1/s1. The lowest BCUT2D eigenvalue weighted by atomic mass is 10.0. The van der Waals surface area contributed by atoms with Gasteiger partial charge in [0.05, 0.1) is 12.6 Å². The largest absolute Gasteiger partial charge is 0.375 e. The number of carbonyl (C=O) groups is 3. The van der Waals surface area contributed by atoms with Crippen LogP contribution in [-0.4, -0.2) is 67.6 Å². The first-order valence-electron chi connectivity index (χ1n) is 9.17. The Morgan fingerprint density at radius 3 is 3.00 bits per heavy atom. The number of fused-ring (bicyclic) bond motifs is 1. The van der Waals surface area contributed by atoms with E-state index in [1.807, 2.05) is 17.5 Å². The number of ether oxygens (including phenoxy) is 1. The lowest BCUT2D eigenvalue weighted by Gasteiger charge is -2.37. The summed E-state index contributed by atoms with van der Waals surface area (Å²) >= 11 is 1.62. The zero-order chi connectivity index (χ0) is 19.2. The van der Waals surface area contributed by atoms with E-state index < -0.39 is 0 Å². The number of hydrogen-bond donors (Lipinski definition) is 3. The molecule has 0 unspecified atom stereocenters. The van der Waals surface area contributed by atoms with E-state index in [0.717, 1.165) is 4.88 Å². The number of thiophene rings is 1. The Bertz CT molecular complexity index is 666. The van der Waals surface area contributed by atoms with Gasteiger partial charge >= 0.3 is 0 Å². The summed E-state index contributed by atoms with van der Waals surface area (Å²) in [6, 6.07) is 3.74. The molecule has 9 heteroatoms. The van der Waals surface area contributed by atoms with E-state index >= 15 is 0 Å². The van der Waals surface area contributed by atoms with Crippen molar-refractivity contribution >= 4 is 29.1 Å². The van der Waals surface area contributed by atoms with E-state index in [4.69, 9.17) is 4.74 Å². The molecule has 0 radical (unpaired) electrons. The predicted octanol–water partition coefficient (Wildman–Crippen LogP) is -0.152. The van der Waals surface area contributed by atoms with Gasteiger partial charge in [-0.15, -0.1) is 11.3 Å². The van der Waals surface area contributed by atoms with E-state index in [9.17, 15) is 14.4 Å². The van der Waals surface area contributed by atoms with Crippen LogP contribution >= 0.6 is 11.3 Å². The third-order valence-electron chi connectivity index (χ3n) is 5.01. The zero-order valence-corrected chi connectivity index (χ0v) is 16.2. The highest BCUT2D eigenvalue weighted by molar-refractivity contribution is 7.09. The maximum atomic E-state index is 12.2. The van der Waals surface area contributed by atoms with E-state index in [0.29, 0.717) is 38.9 Å². The van der Waals surface area contributed by atoms with Crippen molar-refractivity contribution in [2.24, 2.45) is 0 Å². The monoisotopic (exact) mass is 394 g/mol. The molecule has 3 atom stereocenters. The van der Waals surface area contributed by atoms with E-state index in [2.05, 4.69) is 20.9 Å². The van der Waals surface area contributed by atoms with Crippen molar-refractivity contribution in [2.75, 3.05) is 26.8 Å². The molecule has 3 rings (SSSR count). The van der Waals surface area contributed by atoms with Gasteiger partial charge in [0.25, 0.3) is 0 Å². The molecule has 2 fully saturated rings. The average molecular weight is 394 g/mol. The SMILES string of the molecule is COCC(=O)N[C@@H]1C[C@H]2C(=O)NC[C@@H](CCC(=O)NCc3cccs3)N2C1. The van der Waals surface area contributed by atoms with Gasteiger partial charge < -0.3 is 20.7 Å². The summed E-state index contributed by atoms with van der Waals surface area (Å²) in [7, 11) is 1.48. The van der Waals surface area contributed by atoms with Crippen LogP contribution in [0.25, 0.3) is 0 Å². The molecule has 3 N–H and O–H groups in total. The van der Waals surface area contributed by atoms with Crippen molar-refractivity contribution in [1.82, 2.24) is 20.9 Å². The summed E-state index contributed by atoms with van der Waals surface area (Å²) in [6.45, 7) is 1.72. The molecule has 0 aliphatic carbocycles.